The molecule has 0 saturated heterocycles. The summed E-state index contributed by atoms with van der Waals surface area (Å²) in [5.74, 6) is 1.91. The molecule has 0 N–H and O–H groups in total. The van der Waals surface area contributed by atoms with Crippen molar-refractivity contribution in [3.05, 3.63) is 84.4 Å². The fourth-order valence-electron chi connectivity index (χ4n) is 5.55. The van der Waals surface area contributed by atoms with Crippen molar-refractivity contribution in [1.82, 2.24) is 9.97 Å². The molecule has 0 spiro atoms. The van der Waals surface area contributed by atoms with Gasteiger partial charge in [0.1, 0.15) is 6.17 Å². The van der Waals surface area contributed by atoms with Crippen molar-refractivity contribution in [2.45, 2.75) is 44.7 Å². The predicted molar refractivity (Wildman–Crippen MR) is 127 cm³/mol. The Morgan fingerprint density at radius 3 is 2.00 bits per heavy atom. The van der Waals surface area contributed by atoms with Crippen molar-refractivity contribution in [3.8, 4) is 0 Å². The van der Waals surface area contributed by atoms with E-state index in [2.05, 4.69) is 90.4 Å². The van der Waals surface area contributed by atoms with Crippen LogP contribution in [0.3, 0.4) is 0 Å². The van der Waals surface area contributed by atoms with Crippen LogP contribution in [0.15, 0.2) is 78.9 Å². The maximum Gasteiger partial charge on any atom is 0.179 e. The molecule has 1 atom stereocenters. The van der Waals surface area contributed by atoms with Crippen molar-refractivity contribution in [2.75, 3.05) is 9.80 Å². The molecule has 0 bridgehead atoms. The Hall–Kier alpha value is -3.40. The van der Waals surface area contributed by atoms with Gasteiger partial charge in [0.2, 0.25) is 0 Å². The molecule has 0 radical (unpaired) electrons. The molecule has 2 aliphatic heterocycles. The first kappa shape index (κ1) is 18.4. The molecule has 1 aromatic heterocycles. The van der Waals surface area contributed by atoms with E-state index >= 15 is 0 Å². The maximum atomic E-state index is 5.14. The molecule has 4 nitrogen and oxygen atoms in total. The van der Waals surface area contributed by atoms with E-state index in [1.165, 1.54) is 16.9 Å². The van der Waals surface area contributed by atoms with E-state index in [-0.39, 0.29) is 11.6 Å². The van der Waals surface area contributed by atoms with Crippen LogP contribution in [0.2, 0.25) is 0 Å². The van der Waals surface area contributed by atoms with E-state index in [1.807, 2.05) is 12.1 Å². The van der Waals surface area contributed by atoms with Gasteiger partial charge >= 0.3 is 0 Å². The number of para-hydroxylation sites is 4. The molecule has 0 saturated carbocycles. The number of nitrogens with zero attached hydrogens (tertiary/aromatic N) is 4. The average Bonchev–Trinajstić information content (AvgIpc) is 3.15. The molecule has 1 unspecified atom stereocenters. The number of benzene rings is 3. The quantitative estimate of drug-likeness (QED) is 0.379. The lowest BCUT2D eigenvalue weighted by Gasteiger charge is -2.47. The molecule has 6 rings (SSSR count). The normalized spacial score (nSPS) is 18.6. The second-order valence-corrected chi connectivity index (χ2v) is 8.62. The average molecular weight is 407 g/mol. The second kappa shape index (κ2) is 6.81. The highest BCUT2D eigenvalue weighted by Gasteiger charge is 2.50. The van der Waals surface area contributed by atoms with Crippen LogP contribution in [0, 0.1) is 0 Å². The SMILES string of the molecule is CCC1(CC)CC2N(c3ccccc3)c3nc4ccccc4nc3N2c2ccccc21. The minimum atomic E-state index is 0.145. The van der Waals surface area contributed by atoms with Crippen LogP contribution in [0.4, 0.5) is 23.0 Å². The van der Waals surface area contributed by atoms with Gasteiger partial charge in [-0.05, 0) is 55.2 Å². The van der Waals surface area contributed by atoms with Gasteiger partial charge in [-0.3, -0.25) is 0 Å². The Kier molecular flexibility index (Phi) is 4.04. The lowest BCUT2D eigenvalue weighted by Crippen LogP contribution is -2.48. The van der Waals surface area contributed by atoms with Gasteiger partial charge in [0.05, 0.1) is 11.0 Å². The van der Waals surface area contributed by atoms with E-state index in [9.17, 15) is 0 Å². The molecule has 154 valence electrons. The van der Waals surface area contributed by atoms with Crippen molar-refractivity contribution in [1.29, 1.82) is 0 Å². The summed E-state index contributed by atoms with van der Waals surface area (Å²) in [5.41, 5.74) is 5.90. The van der Waals surface area contributed by atoms with Crippen LogP contribution in [-0.4, -0.2) is 16.1 Å². The summed E-state index contributed by atoms with van der Waals surface area (Å²) in [6, 6.07) is 27.7. The maximum absolute atomic E-state index is 5.14. The first-order valence-corrected chi connectivity index (χ1v) is 11.3. The summed E-state index contributed by atoms with van der Waals surface area (Å²) >= 11 is 0. The molecule has 0 aliphatic carbocycles. The molecule has 4 heteroatoms. The van der Waals surface area contributed by atoms with Crippen molar-refractivity contribution >= 4 is 34.0 Å². The Morgan fingerprint density at radius 1 is 0.742 bits per heavy atom. The third-order valence-electron chi connectivity index (χ3n) is 7.28. The first-order valence-electron chi connectivity index (χ1n) is 11.3. The minimum Gasteiger partial charge on any atom is -0.302 e. The van der Waals surface area contributed by atoms with Gasteiger partial charge in [-0.25, -0.2) is 9.97 Å². The number of hydrogen-bond donors (Lipinski definition) is 0. The van der Waals surface area contributed by atoms with Gasteiger partial charge < -0.3 is 9.80 Å². The monoisotopic (exact) mass is 406 g/mol. The smallest absolute Gasteiger partial charge is 0.179 e. The van der Waals surface area contributed by atoms with E-state index in [1.54, 1.807) is 0 Å². The van der Waals surface area contributed by atoms with Crippen molar-refractivity contribution in [3.63, 3.8) is 0 Å². The zero-order valence-corrected chi connectivity index (χ0v) is 18.0. The molecule has 0 amide bonds. The number of anilines is 4. The summed E-state index contributed by atoms with van der Waals surface area (Å²) < 4.78 is 0. The molecule has 4 aromatic rings. The molecule has 3 aromatic carbocycles. The topological polar surface area (TPSA) is 32.3 Å². The summed E-state index contributed by atoms with van der Waals surface area (Å²) in [4.78, 5) is 15.1. The van der Waals surface area contributed by atoms with Crippen molar-refractivity contribution in [2.24, 2.45) is 0 Å². The van der Waals surface area contributed by atoms with Gasteiger partial charge in [0.25, 0.3) is 0 Å². The summed E-state index contributed by atoms with van der Waals surface area (Å²) in [5, 5.41) is 0. The van der Waals surface area contributed by atoms with Crippen LogP contribution in [0.1, 0.15) is 38.7 Å². The molecule has 2 aliphatic rings. The number of aromatic nitrogens is 2. The molecular formula is C27H26N4. The van der Waals surface area contributed by atoms with E-state index < -0.39 is 0 Å². The second-order valence-electron chi connectivity index (χ2n) is 8.62. The summed E-state index contributed by atoms with van der Waals surface area (Å²) in [6.07, 6.45) is 3.43. The van der Waals surface area contributed by atoms with Gasteiger partial charge in [-0.1, -0.05) is 62.4 Å². The lowest BCUT2D eigenvalue weighted by atomic mass is 9.69. The number of fused-ring (bicyclic) bond motifs is 6. The standard InChI is InChI=1S/C27H26N4/c1-3-27(4-2)18-24-30(19-12-6-5-7-13-19)25-26(29-22-16-10-9-15-21(22)28-25)31(24)23-17-11-8-14-20(23)27/h5-17,24H,3-4,18H2,1-2H3. The van der Waals surface area contributed by atoms with Crippen LogP contribution in [-0.2, 0) is 5.41 Å². The van der Waals surface area contributed by atoms with Crippen LogP contribution in [0.25, 0.3) is 11.0 Å². The molecule has 31 heavy (non-hydrogen) atoms. The van der Waals surface area contributed by atoms with E-state index in [0.717, 1.165) is 41.9 Å². The fourth-order valence-corrected chi connectivity index (χ4v) is 5.55. The van der Waals surface area contributed by atoms with Crippen molar-refractivity contribution < 1.29 is 0 Å². The number of rotatable bonds is 3. The molecule has 3 heterocycles. The zero-order chi connectivity index (χ0) is 21.0. The highest BCUT2D eigenvalue weighted by molar-refractivity contribution is 5.90. The first-order chi connectivity index (χ1) is 15.3. The van der Waals surface area contributed by atoms with E-state index in [4.69, 9.17) is 9.97 Å². The van der Waals surface area contributed by atoms with Crippen LogP contribution in [0.5, 0.6) is 0 Å². The third kappa shape index (κ3) is 2.54. The summed E-state index contributed by atoms with van der Waals surface area (Å²) in [7, 11) is 0. The lowest BCUT2D eigenvalue weighted by molar-refractivity contribution is 0.322. The highest BCUT2D eigenvalue weighted by atomic mass is 15.5. The Morgan fingerprint density at radius 2 is 1.32 bits per heavy atom. The van der Waals surface area contributed by atoms with Gasteiger partial charge in [0, 0.05) is 16.8 Å². The zero-order valence-electron chi connectivity index (χ0n) is 18.0. The number of hydrogen-bond acceptors (Lipinski definition) is 4. The Balaban J connectivity index is 1.66. The predicted octanol–water partition coefficient (Wildman–Crippen LogP) is 6.71. The van der Waals surface area contributed by atoms with E-state index in [0.29, 0.717) is 0 Å². The Labute approximate surface area is 183 Å². The van der Waals surface area contributed by atoms with Gasteiger partial charge in [0.15, 0.2) is 11.6 Å². The van der Waals surface area contributed by atoms with Crippen LogP contribution >= 0.6 is 0 Å². The van der Waals surface area contributed by atoms with Crippen LogP contribution < -0.4 is 9.80 Å². The van der Waals surface area contributed by atoms with Gasteiger partial charge in [-0.2, -0.15) is 0 Å². The largest absolute Gasteiger partial charge is 0.302 e. The summed E-state index contributed by atoms with van der Waals surface area (Å²) in [6.45, 7) is 4.66. The third-order valence-corrected chi connectivity index (χ3v) is 7.28. The fraction of sp³-hybridized carbons (Fsp3) is 0.259. The Bertz CT molecular complexity index is 1260. The molecule has 0 fully saturated rings. The molecular weight excluding hydrogens is 380 g/mol. The highest BCUT2D eigenvalue weighted by Crippen LogP contribution is 2.56. The minimum absolute atomic E-state index is 0.145. The van der Waals surface area contributed by atoms with Gasteiger partial charge in [-0.15, -0.1) is 0 Å².